The van der Waals surface area contributed by atoms with Crippen LogP contribution in [0.5, 0.6) is 11.5 Å². The molecule has 0 aliphatic heterocycles. The number of hydrogen-bond acceptors (Lipinski definition) is 1. The lowest BCUT2D eigenvalue weighted by Crippen LogP contribution is -1.91. The van der Waals surface area contributed by atoms with Crippen molar-refractivity contribution >= 4 is 39.1 Å². The number of hydrogen-bond donors (Lipinski definition) is 0. The van der Waals surface area contributed by atoms with E-state index in [9.17, 15) is 4.39 Å². The highest BCUT2D eigenvalue weighted by atomic mass is 79.9. The van der Waals surface area contributed by atoms with Crippen LogP contribution in [0.4, 0.5) is 4.39 Å². The van der Waals surface area contributed by atoms with Gasteiger partial charge in [0.05, 0.1) is 10.4 Å². The largest absolute Gasteiger partial charge is 0.456 e. The highest BCUT2D eigenvalue weighted by Gasteiger charge is 2.08. The van der Waals surface area contributed by atoms with Crippen LogP contribution in [0, 0.1) is 5.82 Å². The molecule has 1 nitrogen and oxygen atoms in total. The molecule has 0 aromatic heterocycles. The molecule has 0 bridgehead atoms. The highest BCUT2D eigenvalue weighted by Crippen LogP contribution is 2.33. The lowest BCUT2D eigenvalue weighted by Gasteiger charge is -2.11. The van der Waals surface area contributed by atoms with Gasteiger partial charge in [0.25, 0.3) is 0 Å². The van der Waals surface area contributed by atoms with Gasteiger partial charge in [-0.3, -0.25) is 0 Å². The van der Waals surface area contributed by atoms with Crippen LogP contribution >= 0.6 is 39.1 Å². The normalized spacial score (nSPS) is 10.4. The molecule has 2 rings (SSSR count). The monoisotopic (exact) mass is 348 g/mol. The van der Waals surface area contributed by atoms with Crippen molar-refractivity contribution in [1.82, 2.24) is 0 Å². The van der Waals surface area contributed by atoms with Crippen molar-refractivity contribution in [3.8, 4) is 11.5 Å². The minimum atomic E-state index is -0.331. The molecule has 0 spiro atoms. The molecule has 5 heteroatoms. The Hall–Kier alpha value is -0.770. The SMILES string of the molecule is Fc1ccc(Oc2ccc(Cl)cc2CCl)c(Br)c1. The molecule has 0 unspecified atom stereocenters. The van der Waals surface area contributed by atoms with E-state index in [2.05, 4.69) is 15.9 Å². The molecule has 94 valence electrons. The fraction of sp³-hybridized carbons (Fsp3) is 0.0769. The average molecular weight is 350 g/mol. The topological polar surface area (TPSA) is 9.23 Å². The van der Waals surface area contributed by atoms with Crippen molar-refractivity contribution in [1.29, 1.82) is 0 Å². The van der Waals surface area contributed by atoms with E-state index < -0.39 is 0 Å². The Morgan fingerprint density at radius 1 is 1.11 bits per heavy atom. The second-order valence-electron chi connectivity index (χ2n) is 3.56. The first-order chi connectivity index (χ1) is 8.60. The molecule has 2 aromatic rings. The first-order valence-electron chi connectivity index (χ1n) is 5.07. The molecule has 2 aromatic carbocycles. The minimum Gasteiger partial charge on any atom is -0.456 e. The molecule has 0 heterocycles. The van der Waals surface area contributed by atoms with Gasteiger partial charge in [0.1, 0.15) is 17.3 Å². The number of benzene rings is 2. The van der Waals surface area contributed by atoms with Crippen molar-refractivity contribution in [2.75, 3.05) is 0 Å². The van der Waals surface area contributed by atoms with Crippen LogP contribution in [0.3, 0.4) is 0 Å². The maximum Gasteiger partial charge on any atom is 0.141 e. The van der Waals surface area contributed by atoms with Gasteiger partial charge in [-0.2, -0.15) is 0 Å². The first kappa shape index (κ1) is 13.7. The van der Waals surface area contributed by atoms with Crippen LogP contribution in [0.15, 0.2) is 40.9 Å². The molecule has 0 saturated carbocycles. The summed E-state index contributed by atoms with van der Waals surface area (Å²) in [7, 11) is 0. The third kappa shape index (κ3) is 3.16. The smallest absolute Gasteiger partial charge is 0.141 e. The lowest BCUT2D eigenvalue weighted by atomic mass is 10.2. The van der Waals surface area contributed by atoms with E-state index in [0.717, 1.165) is 5.56 Å². The third-order valence-electron chi connectivity index (χ3n) is 2.28. The Bertz CT molecular complexity index is 575. The molecule has 0 saturated heterocycles. The summed E-state index contributed by atoms with van der Waals surface area (Å²) in [5.74, 6) is 1.07. The van der Waals surface area contributed by atoms with Gasteiger partial charge < -0.3 is 4.74 Å². The number of halogens is 4. The van der Waals surface area contributed by atoms with Crippen LogP contribution in [0.2, 0.25) is 5.02 Å². The summed E-state index contributed by atoms with van der Waals surface area (Å²) >= 11 is 14.9. The zero-order valence-corrected chi connectivity index (χ0v) is 12.2. The minimum absolute atomic E-state index is 0.286. The molecule has 0 fully saturated rings. The summed E-state index contributed by atoms with van der Waals surface area (Å²) < 4.78 is 19.2. The van der Waals surface area contributed by atoms with E-state index in [1.54, 1.807) is 24.3 Å². The quantitative estimate of drug-likeness (QED) is 0.639. The Morgan fingerprint density at radius 2 is 1.83 bits per heavy atom. The van der Waals surface area contributed by atoms with E-state index in [0.29, 0.717) is 21.0 Å². The second-order valence-corrected chi connectivity index (χ2v) is 5.12. The third-order valence-corrected chi connectivity index (χ3v) is 3.42. The van der Waals surface area contributed by atoms with Crippen LogP contribution in [-0.2, 0) is 5.88 Å². The summed E-state index contributed by atoms with van der Waals surface area (Å²) in [6.07, 6.45) is 0. The molecular weight excluding hydrogens is 342 g/mol. The van der Waals surface area contributed by atoms with Crippen molar-refractivity contribution in [2.24, 2.45) is 0 Å². The molecule has 0 aliphatic rings. The number of alkyl halides is 1. The van der Waals surface area contributed by atoms with Gasteiger partial charge in [-0.1, -0.05) is 11.6 Å². The van der Waals surface area contributed by atoms with Gasteiger partial charge in [0.15, 0.2) is 0 Å². The molecule has 0 amide bonds. The van der Waals surface area contributed by atoms with Crippen LogP contribution < -0.4 is 4.74 Å². The van der Waals surface area contributed by atoms with Crippen molar-refractivity contribution in [2.45, 2.75) is 5.88 Å². The zero-order chi connectivity index (χ0) is 13.1. The van der Waals surface area contributed by atoms with Crippen molar-refractivity contribution < 1.29 is 9.13 Å². The van der Waals surface area contributed by atoms with Gasteiger partial charge in [-0.25, -0.2) is 4.39 Å². The molecule has 0 atom stereocenters. The lowest BCUT2D eigenvalue weighted by molar-refractivity contribution is 0.473. The van der Waals surface area contributed by atoms with Gasteiger partial charge in [-0.05, 0) is 52.3 Å². The fourth-order valence-corrected chi connectivity index (χ4v) is 2.26. The summed E-state index contributed by atoms with van der Waals surface area (Å²) in [6, 6.07) is 9.40. The second kappa shape index (κ2) is 5.91. The Balaban J connectivity index is 2.33. The van der Waals surface area contributed by atoms with Crippen molar-refractivity contribution in [3.63, 3.8) is 0 Å². The molecule has 0 radical (unpaired) electrons. The van der Waals surface area contributed by atoms with Crippen molar-refractivity contribution in [3.05, 3.63) is 57.3 Å². The summed E-state index contributed by atoms with van der Waals surface area (Å²) in [6.45, 7) is 0. The molecule has 0 N–H and O–H groups in total. The van der Waals surface area contributed by atoms with Crippen LogP contribution in [-0.4, -0.2) is 0 Å². The summed E-state index contributed by atoms with van der Waals surface area (Å²) in [5, 5.41) is 0.594. The first-order valence-corrected chi connectivity index (χ1v) is 6.78. The van der Waals surface area contributed by atoms with Gasteiger partial charge in [0, 0.05) is 10.6 Å². The molecule has 18 heavy (non-hydrogen) atoms. The fourth-order valence-electron chi connectivity index (χ4n) is 1.43. The van der Waals surface area contributed by atoms with Gasteiger partial charge in [0.2, 0.25) is 0 Å². The number of ether oxygens (including phenoxy) is 1. The van der Waals surface area contributed by atoms with Crippen LogP contribution in [0.1, 0.15) is 5.56 Å². The van der Waals surface area contributed by atoms with Crippen LogP contribution in [0.25, 0.3) is 0 Å². The average Bonchev–Trinajstić information content (AvgIpc) is 2.34. The summed E-state index contributed by atoms with van der Waals surface area (Å²) in [5.41, 5.74) is 0.778. The van der Waals surface area contributed by atoms with E-state index in [1.165, 1.54) is 12.1 Å². The van der Waals surface area contributed by atoms with E-state index in [4.69, 9.17) is 27.9 Å². The van der Waals surface area contributed by atoms with E-state index >= 15 is 0 Å². The summed E-state index contributed by atoms with van der Waals surface area (Å²) in [4.78, 5) is 0. The Kier molecular flexibility index (Phi) is 4.49. The maximum atomic E-state index is 13.0. The predicted molar refractivity (Wildman–Crippen MR) is 75.2 cm³/mol. The maximum absolute atomic E-state index is 13.0. The van der Waals surface area contributed by atoms with E-state index in [1.807, 2.05) is 0 Å². The Morgan fingerprint density at radius 3 is 2.50 bits per heavy atom. The zero-order valence-electron chi connectivity index (χ0n) is 9.09. The van der Waals surface area contributed by atoms with E-state index in [-0.39, 0.29) is 11.7 Å². The Labute approximate surface area is 123 Å². The predicted octanol–water partition coefficient (Wildman–Crippen LogP) is 5.77. The number of rotatable bonds is 3. The highest BCUT2D eigenvalue weighted by molar-refractivity contribution is 9.10. The molecule has 0 aliphatic carbocycles. The van der Waals surface area contributed by atoms with Gasteiger partial charge in [-0.15, -0.1) is 11.6 Å². The standard InChI is InChI=1S/C13H8BrCl2FO/c14-11-6-10(17)2-4-13(11)18-12-3-1-9(16)5-8(12)7-15/h1-6H,7H2. The molecular formula is C13H8BrCl2FO. The van der Waals surface area contributed by atoms with Gasteiger partial charge >= 0.3 is 0 Å².